The van der Waals surface area contributed by atoms with Crippen LogP contribution >= 0.6 is 31.6 Å². The van der Waals surface area contributed by atoms with Crippen LogP contribution in [0.25, 0.3) is 0 Å². The normalized spacial score (nSPS) is 31.8. The van der Waals surface area contributed by atoms with Crippen molar-refractivity contribution >= 4 is 31.6 Å². The highest BCUT2D eigenvalue weighted by Crippen LogP contribution is 2.56. The van der Waals surface area contributed by atoms with E-state index in [1.807, 2.05) is 0 Å². The van der Waals surface area contributed by atoms with Crippen molar-refractivity contribution in [2.45, 2.75) is 37.5 Å². The minimum absolute atomic E-state index is 0.135. The quantitative estimate of drug-likeness (QED) is 0.345. The van der Waals surface area contributed by atoms with E-state index in [0.717, 1.165) is 10.8 Å². The Hall–Kier alpha value is -1.67. The zero-order valence-corrected chi connectivity index (χ0v) is 18.5. The summed E-state index contributed by atoms with van der Waals surface area (Å²) in [6.45, 7) is -1.98. The summed E-state index contributed by atoms with van der Waals surface area (Å²) >= 11 is 10.9. The summed E-state index contributed by atoms with van der Waals surface area (Å²) in [7, 11) is -4.29. The summed E-state index contributed by atoms with van der Waals surface area (Å²) in [4.78, 5) is 14.0. The number of benzene rings is 1. The molecular formula is C17H17ClFN2O9PS. The average molecular weight is 511 g/mol. The fourth-order valence-electron chi connectivity index (χ4n) is 3.20. The molecule has 0 spiro atoms. The Balaban J connectivity index is 1.52. The molecule has 2 aliphatic heterocycles. The minimum atomic E-state index is -4.29. The van der Waals surface area contributed by atoms with E-state index in [4.69, 9.17) is 42.1 Å². The fraction of sp³-hybridized carbons (Fsp3) is 0.412. The molecule has 1 aromatic heterocycles. The maximum absolute atomic E-state index is 15.4. The first kappa shape index (κ1) is 23.5. The number of aromatic amines is 1. The number of fused-ring (bicyclic) bond motifs is 1. The molecule has 0 bridgehead atoms. The van der Waals surface area contributed by atoms with E-state index in [9.17, 15) is 24.7 Å². The Labute approximate surface area is 189 Å². The number of rotatable bonds is 5. The predicted molar refractivity (Wildman–Crippen MR) is 108 cm³/mol. The zero-order valence-electron chi connectivity index (χ0n) is 16.0. The smallest absolute Gasteiger partial charge is 0.404 e. The molecule has 11 nitrogen and oxygen atoms in total. The lowest BCUT2D eigenvalue weighted by molar-refractivity contribution is -0.205. The number of aliphatic hydroxyl groups is 3. The molecule has 4 rings (SSSR count). The Morgan fingerprint density at radius 1 is 1.44 bits per heavy atom. The first-order chi connectivity index (χ1) is 15.0. The Morgan fingerprint density at radius 2 is 2.19 bits per heavy atom. The average Bonchev–Trinajstić information content (AvgIpc) is 2.97. The van der Waals surface area contributed by atoms with Crippen LogP contribution in [0.4, 0.5) is 4.39 Å². The van der Waals surface area contributed by atoms with Crippen LogP contribution < -0.4 is 10.1 Å². The Kier molecular flexibility index (Phi) is 6.31. The van der Waals surface area contributed by atoms with Gasteiger partial charge in [0.15, 0.2) is 11.0 Å². The van der Waals surface area contributed by atoms with Gasteiger partial charge >= 0.3 is 7.82 Å². The number of H-pyrrole nitrogens is 1. The first-order valence-electron chi connectivity index (χ1n) is 9.10. The lowest BCUT2D eigenvalue weighted by Crippen LogP contribution is -2.43. The second kappa shape index (κ2) is 8.60. The molecule has 0 radical (unpaired) electrons. The van der Waals surface area contributed by atoms with Crippen LogP contribution in [-0.2, 0) is 31.6 Å². The minimum Gasteiger partial charge on any atom is -0.404 e. The van der Waals surface area contributed by atoms with Crippen molar-refractivity contribution in [3.8, 4) is 5.75 Å². The first-order valence-corrected chi connectivity index (χ1v) is 11.3. The maximum Gasteiger partial charge on any atom is 0.530 e. The molecule has 15 heteroatoms. The van der Waals surface area contributed by atoms with Crippen molar-refractivity contribution in [1.82, 2.24) is 9.55 Å². The predicted octanol–water partition coefficient (Wildman–Crippen LogP) is 1.70. The fourth-order valence-corrected chi connectivity index (χ4v) is 4.87. The third-order valence-electron chi connectivity index (χ3n) is 4.89. The Morgan fingerprint density at radius 3 is 2.91 bits per heavy atom. The number of nitrogens with one attached hydrogen (secondary N) is 1. The third-order valence-corrected chi connectivity index (χ3v) is 6.75. The summed E-state index contributed by atoms with van der Waals surface area (Å²) in [5.74, 6) is -2.88. The van der Waals surface area contributed by atoms with Crippen molar-refractivity contribution in [2.75, 3.05) is 6.61 Å². The summed E-state index contributed by atoms with van der Waals surface area (Å²) < 4.78 is 49.3. The maximum atomic E-state index is 15.4. The number of phosphoric acid groups is 1. The van der Waals surface area contributed by atoms with Gasteiger partial charge in [0.1, 0.15) is 24.6 Å². The second-order valence-electron chi connectivity index (χ2n) is 7.05. The highest BCUT2D eigenvalue weighted by atomic mass is 35.5. The molecule has 1 saturated heterocycles. The van der Waals surface area contributed by atoms with Gasteiger partial charge in [0.2, 0.25) is 0 Å². The number of aliphatic hydroxyl groups excluding tert-OH is 3. The van der Waals surface area contributed by atoms with Crippen LogP contribution in [0, 0.1) is 4.77 Å². The van der Waals surface area contributed by atoms with Gasteiger partial charge in [0.05, 0.1) is 18.8 Å². The van der Waals surface area contributed by atoms with Crippen LogP contribution in [0.5, 0.6) is 5.75 Å². The van der Waals surface area contributed by atoms with E-state index in [1.165, 1.54) is 18.2 Å². The molecule has 1 aromatic carbocycles. The van der Waals surface area contributed by atoms with Gasteiger partial charge < -0.3 is 24.6 Å². The van der Waals surface area contributed by atoms with Crippen molar-refractivity contribution in [1.29, 1.82) is 0 Å². The van der Waals surface area contributed by atoms with E-state index in [1.54, 1.807) is 0 Å². The van der Waals surface area contributed by atoms with Gasteiger partial charge in [-0.15, -0.1) is 0 Å². The van der Waals surface area contributed by atoms with E-state index >= 15 is 4.39 Å². The van der Waals surface area contributed by atoms with Crippen LogP contribution in [0.2, 0.25) is 5.02 Å². The van der Waals surface area contributed by atoms with Gasteiger partial charge in [-0.05, 0) is 30.4 Å². The molecule has 2 aliphatic rings. The largest absolute Gasteiger partial charge is 0.530 e. The monoisotopic (exact) mass is 510 g/mol. The van der Waals surface area contributed by atoms with Gasteiger partial charge in [-0.3, -0.25) is 23.4 Å². The number of nitrogens with zero attached hydrogens (tertiary/aromatic N) is 1. The number of halogens is 2. The van der Waals surface area contributed by atoms with Gasteiger partial charge in [-0.25, -0.2) is 8.96 Å². The van der Waals surface area contributed by atoms with Gasteiger partial charge in [0.25, 0.3) is 11.4 Å². The summed E-state index contributed by atoms with van der Waals surface area (Å²) in [5.41, 5.74) is -0.311. The third kappa shape index (κ3) is 4.28. The number of hydrogen-bond acceptors (Lipinski definition) is 10. The lowest BCUT2D eigenvalue weighted by atomic mass is 10.1. The molecule has 2 aromatic rings. The number of hydrogen-bond donors (Lipinski definition) is 4. The number of aromatic nitrogens is 2. The van der Waals surface area contributed by atoms with Crippen LogP contribution in [0.15, 0.2) is 29.2 Å². The molecule has 0 saturated carbocycles. The van der Waals surface area contributed by atoms with Crippen LogP contribution in [0.1, 0.15) is 17.4 Å². The van der Waals surface area contributed by atoms with Crippen LogP contribution in [0.3, 0.4) is 0 Å². The van der Waals surface area contributed by atoms with E-state index in [-0.39, 0.29) is 22.7 Å². The van der Waals surface area contributed by atoms with Gasteiger partial charge in [0, 0.05) is 16.8 Å². The van der Waals surface area contributed by atoms with Gasteiger partial charge in [-0.2, -0.15) is 0 Å². The molecule has 4 N–H and O–H groups in total. The van der Waals surface area contributed by atoms with E-state index in [0.29, 0.717) is 10.6 Å². The second-order valence-corrected chi connectivity index (χ2v) is 9.46. The van der Waals surface area contributed by atoms with E-state index in [2.05, 4.69) is 4.98 Å². The molecule has 3 heterocycles. The number of ether oxygens (including phenoxy) is 1. The highest BCUT2D eigenvalue weighted by molar-refractivity contribution is 7.71. The molecule has 1 fully saturated rings. The van der Waals surface area contributed by atoms with Gasteiger partial charge in [-0.1, -0.05) is 11.6 Å². The molecule has 5 atom stereocenters. The van der Waals surface area contributed by atoms with Crippen molar-refractivity contribution in [3.05, 3.63) is 55.7 Å². The van der Waals surface area contributed by atoms with E-state index < -0.39 is 50.9 Å². The summed E-state index contributed by atoms with van der Waals surface area (Å²) in [5, 5.41) is 30.2. The molecule has 0 amide bonds. The molecular weight excluding hydrogens is 494 g/mol. The SMILES string of the molecule is O=c1[nH]c(=S)n([C@@H]2O[C@](F)(COP3(=O)OCc4cc(Cl)ccc4O3)[C@@H](O)[C@H]2O)cc1CO. The number of phosphoric ester groups is 1. The summed E-state index contributed by atoms with van der Waals surface area (Å²) in [6.07, 6.45) is -4.54. The van der Waals surface area contributed by atoms with Crippen molar-refractivity contribution in [2.24, 2.45) is 0 Å². The molecule has 1 unspecified atom stereocenters. The highest BCUT2D eigenvalue weighted by Gasteiger charge is 2.57. The molecule has 0 aliphatic carbocycles. The van der Waals surface area contributed by atoms with Crippen molar-refractivity contribution < 1.29 is 42.6 Å². The van der Waals surface area contributed by atoms with Crippen LogP contribution in [-0.4, -0.2) is 49.5 Å². The lowest BCUT2D eigenvalue weighted by Gasteiger charge is -2.28. The number of alkyl halides is 1. The Bertz CT molecular complexity index is 1210. The molecule has 32 heavy (non-hydrogen) atoms. The molecule has 174 valence electrons. The standard InChI is InChI=1S/C17H17ClFN2O9PS/c18-10-1-2-11-8(3-10)6-27-31(26,30-11)28-7-17(19)13(24)12(23)15(29-17)21-4-9(5-22)14(25)20-16(21)32/h1-4,12-13,15,22-24H,5-7H2,(H,20,25,32)/t12-,13+,15-,17-,31?/m1/s1. The summed E-state index contributed by atoms with van der Waals surface area (Å²) in [6, 6.07) is 4.47. The topological polar surface area (TPSA) is 152 Å². The van der Waals surface area contributed by atoms with Crippen molar-refractivity contribution in [3.63, 3.8) is 0 Å². The zero-order chi connectivity index (χ0) is 23.3.